The van der Waals surface area contributed by atoms with Gasteiger partial charge in [-0.25, -0.2) is 4.98 Å². The van der Waals surface area contributed by atoms with Gasteiger partial charge in [0.15, 0.2) is 10.9 Å². The molecule has 0 aromatic carbocycles. The van der Waals surface area contributed by atoms with Gasteiger partial charge >= 0.3 is 0 Å². The first-order valence-corrected chi connectivity index (χ1v) is 11.1. The Morgan fingerprint density at radius 2 is 2.31 bits per heavy atom. The summed E-state index contributed by atoms with van der Waals surface area (Å²) in [5.74, 6) is 0.336. The van der Waals surface area contributed by atoms with Crippen molar-refractivity contribution in [3.63, 3.8) is 0 Å². The Labute approximate surface area is 163 Å². The zero-order valence-electron chi connectivity index (χ0n) is 14.3. The summed E-state index contributed by atoms with van der Waals surface area (Å²) in [6, 6.07) is 3.70. The minimum atomic E-state index is -0.00229. The second-order valence-electron chi connectivity index (χ2n) is 6.07. The molecule has 0 radical (unpaired) electrons. The molecule has 0 unspecified atom stereocenters. The van der Waals surface area contributed by atoms with Crippen LogP contribution >= 0.6 is 34.4 Å². The van der Waals surface area contributed by atoms with E-state index in [1.54, 1.807) is 23.0 Å². The Kier molecular flexibility index (Phi) is 5.26. The molecule has 5 nitrogen and oxygen atoms in total. The highest BCUT2D eigenvalue weighted by Gasteiger charge is 2.23. The number of fused-ring (bicyclic) bond motifs is 3. The van der Waals surface area contributed by atoms with E-state index in [0.717, 1.165) is 34.4 Å². The zero-order chi connectivity index (χ0) is 18.1. The maximum absolute atomic E-state index is 13.1. The minimum Gasteiger partial charge on any atom is -0.383 e. The van der Waals surface area contributed by atoms with Crippen molar-refractivity contribution in [2.24, 2.45) is 0 Å². The van der Waals surface area contributed by atoms with Crippen LogP contribution in [-0.4, -0.2) is 34.8 Å². The lowest BCUT2D eigenvalue weighted by Crippen LogP contribution is -2.25. The maximum Gasteiger partial charge on any atom is 0.263 e. The van der Waals surface area contributed by atoms with E-state index in [4.69, 9.17) is 9.72 Å². The molecule has 0 atom stereocenters. The van der Waals surface area contributed by atoms with Gasteiger partial charge < -0.3 is 4.74 Å². The molecule has 0 aliphatic heterocycles. The zero-order valence-corrected chi connectivity index (χ0v) is 16.8. The highest BCUT2D eigenvalue weighted by molar-refractivity contribution is 7.99. The monoisotopic (exact) mass is 406 g/mol. The molecule has 0 N–H and O–H groups in total. The fourth-order valence-corrected chi connectivity index (χ4v) is 6.15. The summed E-state index contributed by atoms with van der Waals surface area (Å²) < 4.78 is 6.84. The van der Waals surface area contributed by atoms with Gasteiger partial charge in [0.2, 0.25) is 0 Å². The number of ketones is 1. The fourth-order valence-electron chi connectivity index (χ4n) is 3.19. The quantitative estimate of drug-likeness (QED) is 0.341. The van der Waals surface area contributed by atoms with Crippen LogP contribution in [0.3, 0.4) is 0 Å². The predicted molar refractivity (Wildman–Crippen MR) is 107 cm³/mol. The molecule has 3 aromatic rings. The molecule has 3 aromatic heterocycles. The number of aromatic nitrogens is 2. The van der Waals surface area contributed by atoms with Gasteiger partial charge in [0.1, 0.15) is 4.83 Å². The number of hydrogen-bond donors (Lipinski definition) is 0. The molecule has 0 saturated heterocycles. The third-order valence-corrected chi connectivity index (χ3v) is 7.51. The molecule has 1 aliphatic carbocycles. The number of methoxy groups -OCH3 is 1. The summed E-state index contributed by atoms with van der Waals surface area (Å²) in [7, 11) is 1.62. The number of rotatable bonds is 7. The first-order chi connectivity index (χ1) is 12.7. The van der Waals surface area contributed by atoms with Crippen LogP contribution in [0.25, 0.3) is 10.2 Å². The van der Waals surface area contributed by atoms with Crippen LogP contribution in [0.5, 0.6) is 0 Å². The number of thioether (sulfide) groups is 1. The number of carbonyl (C=O) groups is 1. The first-order valence-electron chi connectivity index (χ1n) is 8.42. The van der Waals surface area contributed by atoms with Gasteiger partial charge in [-0.05, 0) is 36.3 Å². The van der Waals surface area contributed by atoms with Crippen LogP contribution in [0.15, 0.2) is 27.5 Å². The topological polar surface area (TPSA) is 61.2 Å². The van der Waals surface area contributed by atoms with Crippen LogP contribution in [0.1, 0.15) is 26.5 Å². The molecule has 26 heavy (non-hydrogen) atoms. The van der Waals surface area contributed by atoms with Crippen molar-refractivity contribution in [2.45, 2.75) is 31.0 Å². The molecule has 4 rings (SSSR count). The van der Waals surface area contributed by atoms with E-state index in [1.807, 2.05) is 17.5 Å². The summed E-state index contributed by atoms with van der Waals surface area (Å²) in [4.78, 5) is 33.0. The maximum atomic E-state index is 13.1. The number of hydrogen-bond acceptors (Lipinski definition) is 7. The summed E-state index contributed by atoms with van der Waals surface area (Å²) in [5.41, 5.74) is 1.18. The molecule has 0 fully saturated rings. The van der Waals surface area contributed by atoms with Gasteiger partial charge in [0, 0.05) is 12.0 Å². The van der Waals surface area contributed by atoms with Crippen LogP contribution in [0.4, 0.5) is 0 Å². The van der Waals surface area contributed by atoms with Crippen molar-refractivity contribution in [3.05, 3.63) is 43.2 Å². The Hall–Kier alpha value is -1.48. The number of aryl methyl sites for hydroxylation is 2. The Morgan fingerprint density at radius 1 is 1.42 bits per heavy atom. The number of ether oxygens (including phenoxy) is 1. The summed E-state index contributed by atoms with van der Waals surface area (Å²) >= 11 is 4.40. The van der Waals surface area contributed by atoms with Gasteiger partial charge in [0.05, 0.1) is 29.2 Å². The standard InChI is InChI=1S/C18H18N2O3S3/c1-23-8-7-20-17(22)15-11-4-2-5-13(11)26-16(15)19-18(20)25-10-12(21)14-6-3-9-24-14/h3,6,9H,2,4-5,7-8,10H2,1H3. The Morgan fingerprint density at radius 3 is 3.08 bits per heavy atom. The molecular formula is C18H18N2O3S3. The molecular weight excluding hydrogens is 388 g/mol. The van der Waals surface area contributed by atoms with Crippen LogP contribution in [0.2, 0.25) is 0 Å². The van der Waals surface area contributed by atoms with Gasteiger partial charge in [-0.1, -0.05) is 17.8 Å². The largest absolute Gasteiger partial charge is 0.383 e. The van der Waals surface area contributed by atoms with Crippen molar-refractivity contribution in [1.29, 1.82) is 0 Å². The molecule has 1 aliphatic rings. The van der Waals surface area contributed by atoms with Gasteiger partial charge in [-0.3, -0.25) is 14.2 Å². The lowest BCUT2D eigenvalue weighted by molar-refractivity contribution is 0.102. The van der Waals surface area contributed by atoms with E-state index < -0.39 is 0 Å². The SMILES string of the molecule is COCCn1c(SCC(=O)c2cccs2)nc2sc3c(c2c1=O)CCC3. The average Bonchev–Trinajstić information content (AvgIpc) is 3.35. The van der Waals surface area contributed by atoms with Crippen molar-refractivity contribution in [2.75, 3.05) is 19.5 Å². The second-order valence-corrected chi connectivity index (χ2v) is 9.04. The van der Waals surface area contributed by atoms with Crippen molar-refractivity contribution in [1.82, 2.24) is 9.55 Å². The average molecular weight is 407 g/mol. The van der Waals surface area contributed by atoms with Gasteiger partial charge in [0.25, 0.3) is 5.56 Å². The van der Waals surface area contributed by atoms with Crippen LogP contribution in [0, 0.1) is 0 Å². The molecule has 8 heteroatoms. The molecule has 0 amide bonds. The van der Waals surface area contributed by atoms with Crippen molar-refractivity contribution < 1.29 is 9.53 Å². The molecule has 136 valence electrons. The minimum absolute atomic E-state index is 0.00229. The smallest absolute Gasteiger partial charge is 0.263 e. The summed E-state index contributed by atoms with van der Waals surface area (Å²) in [6.07, 6.45) is 3.10. The number of nitrogens with zero attached hydrogens (tertiary/aromatic N) is 2. The normalized spacial score (nSPS) is 13.4. The van der Waals surface area contributed by atoms with E-state index in [1.165, 1.54) is 33.5 Å². The van der Waals surface area contributed by atoms with E-state index in [0.29, 0.717) is 18.3 Å². The Bertz CT molecular complexity index is 1010. The van der Waals surface area contributed by atoms with E-state index in [2.05, 4.69) is 0 Å². The van der Waals surface area contributed by atoms with E-state index in [-0.39, 0.29) is 17.1 Å². The fraction of sp³-hybridized carbons (Fsp3) is 0.389. The third-order valence-electron chi connectivity index (χ3n) is 4.44. The molecule has 0 saturated carbocycles. The number of Topliss-reactive ketones (excluding diaryl/α,β-unsaturated/α-hetero) is 1. The summed E-state index contributed by atoms with van der Waals surface area (Å²) in [5, 5.41) is 3.26. The van der Waals surface area contributed by atoms with Gasteiger partial charge in [-0.15, -0.1) is 22.7 Å². The molecule has 3 heterocycles. The number of carbonyl (C=O) groups excluding carboxylic acids is 1. The first kappa shape index (κ1) is 17.9. The van der Waals surface area contributed by atoms with Crippen LogP contribution in [-0.2, 0) is 24.1 Å². The highest BCUT2D eigenvalue weighted by atomic mass is 32.2. The van der Waals surface area contributed by atoms with Gasteiger partial charge in [-0.2, -0.15) is 0 Å². The van der Waals surface area contributed by atoms with Crippen LogP contribution < -0.4 is 5.56 Å². The predicted octanol–water partition coefficient (Wildman–Crippen LogP) is 3.63. The lowest BCUT2D eigenvalue weighted by atomic mass is 10.2. The third kappa shape index (κ3) is 3.26. The Balaban J connectivity index is 1.70. The second kappa shape index (κ2) is 7.64. The molecule has 0 spiro atoms. The summed E-state index contributed by atoms with van der Waals surface area (Å²) in [6.45, 7) is 0.879. The van der Waals surface area contributed by atoms with E-state index in [9.17, 15) is 9.59 Å². The van der Waals surface area contributed by atoms with Crippen molar-refractivity contribution >= 4 is 50.4 Å². The molecule has 0 bridgehead atoms. The van der Waals surface area contributed by atoms with Crippen molar-refractivity contribution in [3.8, 4) is 0 Å². The highest BCUT2D eigenvalue weighted by Crippen LogP contribution is 2.35. The lowest BCUT2D eigenvalue weighted by Gasteiger charge is -2.11. The van der Waals surface area contributed by atoms with E-state index >= 15 is 0 Å². The number of thiophene rings is 2.